The van der Waals surface area contributed by atoms with Crippen molar-refractivity contribution in [2.75, 3.05) is 0 Å². The van der Waals surface area contributed by atoms with Crippen LogP contribution in [-0.4, -0.2) is 11.1 Å². The molecule has 96 valence electrons. The Morgan fingerprint density at radius 3 is 2.47 bits per heavy atom. The lowest BCUT2D eigenvalue weighted by Crippen LogP contribution is -2.01. The third-order valence-corrected chi connectivity index (χ3v) is 2.59. The number of para-hydroxylation sites is 2. The van der Waals surface area contributed by atoms with Crippen molar-refractivity contribution in [2.24, 2.45) is 0 Å². The molecule has 0 atom stereocenters. The fourth-order valence-corrected chi connectivity index (χ4v) is 1.75. The Morgan fingerprint density at radius 2 is 1.84 bits per heavy atom. The van der Waals surface area contributed by atoms with Crippen molar-refractivity contribution in [3.63, 3.8) is 0 Å². The van der Waals surface area contributed by atoms with Crippen molar-refractivity contribution in [1.29, 1.82) is 0 Å². The molecule has 1 N–H and O–H groups in total. The molecule has 0 heterocycles. The average molecular weight is 254 g/mol. The number of aromatic carboxylic acids is 1. The van der Waals surface area contributed by atoms with Gasteiger partial charge in [0.25, 0.3) is 0 Å². The van der Waals surface area contributed by atoms with E-state index in [4.69, 9.17) is 4.74 Å². The normalized spacial score (nSPS) is 10.6. The second-order valence-corrected chi connectivity index (χ2v) is 3.94. The van der Waals surface area contributed by atoms with Gasteiger partial charge < -0.3 is 9.84 Å². The molecule has 0 aliphatic carbocycles. The van der Waals surface area contributed by atoms with E-state index in [0.717, 1.165) is 5.56 Å². The quantitative estimate of drug-likeness (QED) is 0.888. The van der Waals surface area contributed by atoms with Gasteiger partial charge in [0.05, 0.1) is 0 Å². The fourth-order valence-electron chi connectivity index (χ4n) is 1.75. The Labute approximate surface area is 111 Å². The lowest BCUT2D eigenvalue weighted by molar-refractivity contribution is 0.0694. The van der Waals surface area contributed by atoms with Gasteiger partial charge in [-0.15, -0.1) is 0 Å². The van der Waals surface area contributed by atoms with E-state index in [0.29, 0.717) is 11.5 Å². The van der Waals surface area contributed by atoms with E-state index >= 15 is 0 Å². The molecule has 0 amide bonds. The standard InChI is InChI=1S/C16H14O3/c1-2-7-12-8-6-11-14(16(17)18)15(12)19-13-9-4-3-5-10-13/h2-11H,1H3,(H,17,18). The van der Waals surface area contributed by atoms with Crippen LogP contribution in [-0.2, 0) is 0 Å². The van der Waals surface area contributed by atoms with Crippen molar-refractivity contribution in [2.45, 2.75) is 6.92 Å². The van der Waals surface area contributed by atoms with E-state index in [-0.39, 0.29) is 5.56 Å². The molecular formula is C16H14O3. The molecular weight excluding hydrogens is 240 g/mol. The van der Waals surface area contributed by atoms with E-state index in [1.807, 2.05) is 43.3 Å². The van der Waals surface area contributed by atoms with Gasteiger partial charge in [0.2, 0.25) is 0 Å². The van der Waals surface area contributed by atoms with Gasteiger partial charge in [-0.05, 0) is 25.1 Å². The summed E-state index contributed by atoms with van der Waals surface area (Å²) in [5, 5.41) is 9.23. The smallest absolute Gasteiger partial charge is 0.339 e. The van der Waals surface area contributed by atoms with Crippen molar-refractivity contribution in [1.82, 2.24) is 0 Å². The van der Waals surface area contributed by atoms with E-state index < -0.39 is 5.97 Å². The molecule has 0 aliphatic heterocycles. The molecule has 0 radical (unpaired) electrons. The zero-order valence-electron chi connectivity index (χ0n) is 10.5. The zero-order chi connectivity index (χ0) is 13.7. The molecule has 0 fully saturated rings. The first-order valence-electron chi connectivity index (χ1n) is 5.94. The minimum atomic E-state index is -1.00. The molecule has 0 saturated carbocycles. The summed E-state index contributed by atoms with van der Waals surface area (Å²) in [5.41, 5.74) is 0.894. The van der Waals surface area contributed by atoms with Gasteiger partial charge in [0.1, 0.15) is 17.1 Å². The third kappa shape index (κ3) is 3.01. The molecule has 0 aromatic heterocycles. The summed E-state index contributed by atoms with van der Waals surface area (Å²) in [6, 6.07) is 14.2. The topological polar surface area (TPSA) is 46.5 Å². The highest BCUT2D eigenvalue weighted by molar-refractivity contribution is 5.92. The first-order valence-corrected chi connectivity index (χ1v) is 5.94. The Morgan fingerprint density at radius 1 is 1.11 bits per heavy atom. The lowest BCUT2D eigenvalue weighted by atomic mass is 10.1. The summed E-state index contributed by atoms with van der Waals surface area (Å²) in [4.78, 5) is 11.3. The summed E-state index contributed by atoms with van der Waals surface area (Å²) in [7, 11) is 0. The van der Waals surface area contributed by atoms with Crippen LogP contribution in [0.25, 0.3) is 6.08 Å². The highest BCUT2D eigenvalue weighted by Crippen LogP contribution is 2.30. The number of hydrogen-bond acceptors (Lipinski definition) is 2. The summed E-state index contributed by atoms with van der Waals surface area (Å²) < 4.78 is 5.72. The first kappa shape index (κ1) is 12.9. The SMILES string of the molecule is CC=Cc1cccc(C(=O)O)c1Oc1ccccc1. The van der Waals surface area contributed by atoms with Gasteiger partial charge in [-0.3, -0.25) is 0 Å². The number of allylic oxidation sites excluding steroid dienone is 1. The van der Waals surface area contributed by atoms with Crippen molar-refractivity contribution < 1.29 is 14.6 Å². The fraction of sp³-hybridized carbons (Fsp3) is 0.0625. The maximum absolute atomic E-state index is 11.3. The number of ether oxygens (including phenoxy) is 1. The number of carboxylic acid groups (broad SMARTS) is 1. The van der Waals surface area contributed by atoms with E-state index in [1.54, 1.807) is 18.2 Å². The van der Waals surface area contributed by atoms with Gasteiger partial charge in [-0.1, -0.05) is 42.5 Å². The molecule has 0 unspecified atom stereocenters. The Hall–Kier alpha value is -2.55. The van der Waals surface area contributed by atoms with Crippen LogP contribution in [0.4, 0.5) is 0 Å². The predicted molar refractivity (Wildman–Crippen MR) is 74.6 cm³/mol. The van der Waals surface area contributed by atoms with Crippen molar-refractivity contribution >= 4 is 12.0 Å². The molecule has 3 nitrogen and oxygen atoms in total. The Kier molecular flexibility index (Phi) is 3.98. The molecule has 0 aliphatic rings. The van der Waals surface area contributed by atoms with Crippen LogP contribution in [0, 0.1) is 0 Å². The molecule has 2 aromatic carbocycles. The maximum Gasteiger partial charge on any atom is 0.339 e. The number of hydrogen-bond donors (Lipinski definition) is 1. The molecule has 2 rings (SSSR count). The van der Waals surface area contributed by atoms with E-state index in [2.05, 4.69) is 0 Å². The van der Waals surface area contributed by atoms with Crippen LogP contribution >= 0.6 is 0 Å². The molecule has 0 saturated heterocycles. The van der Waals surface area contributed by atoms with Gasteiger partial charge in [-0.2, -0.15) is 0 Å². The lowest BCUT2D eigenvalue weighted by Gasteiger charge is -2.11. The van der Waals surface area contributed by atoms with Gasteiger partial charge in [-0.25, -0.2) is 4.79 Å². The third-order valence-electron chi connectivity index (χ3n) is 2.59. The summed E-state index contributed by atoms with van der Waals surface area (Å²) in [6.45, 7) is 1.87. The number of carbonyl (C=O) groups is 1. The Bertz CT molecular complexity index is 601. The van der Waals surface area contributed by atoms with Crippen molar-refractivity contribution in [3.05, 3.63) is 65.7 Å². The van der Waals surface area contributed by atoms with E-state index in [1.165, 1.54) is 6.07 Å². The number of carboxylic acids is 1. The molecule has 3 heteroatoms. The number of benzene rings is 2. The minimum absolute atomic E-state index is 0.152. The molecule has 0 spiro atoms. The van der Waals surface area contributed by atoms with Crippen LogP contribution < -0.4 is 4.74 Å². The highest BCUT2D eigenvalue weighted by Gasteiger charge is 2.14. The van der Waals surface area contributed by atoms with Crippen LogP contribution in [0.5, 0.6) is 11.5 Å². The van der Waals surface area contributed by atoms with Crippen LogP contribution in [0.1, 0.15) is 22.8 Å². The minimum Gasteiger partial charge on any atom is -0.478 e. The average Bonchev–Trinajstić information content (AvgIpc) is 2.42. The van der Waals surface area contributed by atoms with Gasteiger partial charge in [0.15, 0.2) is 0 Å². The van der Waals surface area contributed by atoms with Crippen LogP contribution in [0.15, 0.2) is 54.6 Å². The van der Waals surface area contributed by atoms with Crippen molar-refractivity contribution in [3.8, 4) is 11.5 Å². The maximum atomic E-state index is 11.3. The van der Waals surface area contributed by atoms with Crippen LogP contribution in [0.3, 0.4) is 0 Å². The largest absolute Gasteiger partial charge is 0.478 e. The first-order chi connectivity index (χ1) is 9.22. The number of rotatable bonds is 4. The van der Waals surface area contributed by atoms with Gasteiger partial charge in [0, 0.05) is 5.56 Å². The summed E-state index contributed by atoms with van der Waals surface area (Å²) >= 11 is 0. The molecule has 19 heavy (non-hydrogen) atoms. The second-order valence-electron chi connectivity index (χ2n) is 3.94. The zero-order valence-corrected chi connectivity index (χ0v) is 10.5. The Balaban J connectivity index is 2.49. The summed E-state index contributed by atoms with van der Waals surface area (Å²) in [6.07, 6.45) is 3.67. The second kappa shape index (κ2) is 5.87. The van der Waals surface area contributed by atoms with Crippen LogP contribution in [0.2, 0.25) is 0 Å². The predicted octanol–water partition coefficient (Wildman–Crippen LogP) is 4.21. The van der Waals surface area contributed by atoms with E-state index in [9.17, 15) is 9.90 Å². The molecule has 2 aromatic rings. The monoisotopic (exact) mass is 254 g/mol. The molecule has 0 bridgehead atoms. The van der Waals surface area contributed by atoms with Gasteiger partial charge >= 0.3 is 5.97 Å². The highest BCUT2D eigenvalue weighted by atomic mass is 16.5. The summed E-state index contributed by atoms with van der Waals surface area (Å²) in [5.74, 6) is -0.0291.